The van der Waals surface area contributed by atoms with Crippen molar-refractivity contribution in [3.8, 4) is 146 Å². The fourth-order valence-electron chi connectivity index (χ4n) is 18.3. The van der Waals surface area contributed by atoms with Crippen molar-refractivity contribution >= 4 is 87.2 Å². The molecule has 126 heavy (non-hydrogen) atoms. The van der Waals surface area contributed by atoms with Crippen LogP contribution in [-0.2, 0) is 20.1 Å². The first-order chi connectivity index (χ1) is 61.3. The number of hydrogen-bond acceptors (Lipinski definition) is 10. The van der Waals surface area contributed by atoms with E-state index in [4.69, 9.17) is 50.8 Å². The Morgan fingerprint density at radius 2 is 0.500 bits per heavy atom. The maximum absolute atomic E-state index is 6.49. The van der Waals surface area contributed by atoms with Gasteiger partial charge in [0.05, 0.1) is 11.2 Å². The van der Waals surface area contributed by atoms with Crippen molar-refractivity contribution in [2.24, 2.45) is 0 Å². The third-order valence-electron chi connectivity index (χ3n) is 25.6. The van der Waals surface area contributed by atoms with Gasteiger partial charge in [0.15, 0.2) is 34.9 Å². The second-order valence-electron chi connectivity index (χ2n) is 34.8. The summed E-state index contributed by atoms with van der Waals surface area (Å²) in [5, 5.41) is 5.73. The van der Waals surface area contributed by atoms with E-state index in [1.807, 2.05) is 150 Å². The Kier molecular flexibility index (Phi) is 20.2. The van der Waals surface area contributed by atoms with E-state index >= 15 is 0 Å². The molecular formula is C114H86BClN6O2S2. The van der Waals surface area contributed by atoms with Gasteiger partial charge in [-0.05, 0) is 182 Å². The number of nitrogens with zero attached hydrogens (tertiary/aromatic N) is 6. The Bertz CT molecular complexity index is 7480. The van der Waals surface area contributed by atoms with Crippen LogP contribution in [0.4, 0.5) is 0 Å². The number of aromatic nitrogens is 6. The molecule has 0 spiro atoms. The Morgan fingerprint density at radius 3 is 0.897 bits per heavy atom. The summed E-state index contributed by atoms with van der Waals surface area (Å²) in [6, 6.07) is 132. The van der Waals surface area contributed by atoms with E-state index in [9.17, 15) is 0 Å². The molecule has 2 aliphatic carbocycles. The van der Waals surface area contributed by atoms with Gasteiger partial charge in [-0.2, -0.15) is 0 Å². The molecule has 0 N–H and O–H groups in total. The zero-order valence-corrected chi connectivity index (χ0v) is 73.5. The first-order valence-corrected chi connectivity index (χ1v) is 44.9. The zero-order chi connectivity index (χ0) is 85.6. The molecule has 0 amide bonds. The summed E-state index contributed by atoms with van der Waals surface area (Å²) < 4.78 is 18.0. The van der Waals surface area contributed by atoms with Crippen LogP contribution in [0.2, 0.25) is 5.02 Å². The fraction of sp³-hybridized carbons (Fsp3) is 0.105. The molecule has 8 nitrogen and oxygen atoms in total. The molecule has 606 valence electrons. The molecule has 3 aliphatic rings. The minimum Gasteiger partial charge on any atom is -0.399 e. The van der Waals surface area contributed by atoms with E-state index < -0.39 is 0 Å². The number of halogens is 1. The third-order valence-corrected chi connectivity index (χ3v) is 28.5. The smallest absolute Gasteiger partial charge is 0.399 e. The number of rotatable bonds is 12. The Labute approximate surface area is 747 Å². The molecule has 5 heterocycles. The van der Waals surface area contributed by atoms with E-state index in [0.717, 1.165) is 66.7 Å². The second kappa shape index (κ2) is 32.1. The average molecular weight is 1680 g/mol. The van der Waals surface area contributed by atoms with Gasteiger partial charge in [0.2, 0.25) is 0 Å². The largest absolute Gasteiger partial charge is 0.496 e. The van der Waals surface area contributed by atoms with E-state index in [1.165, 1.54) is 113 Å². The van der Waals surface area contributed by atoms with E-state index in [1.54, 1.807) is 0 Å². The van der Waals surface area contributed by atoms with E-state index in [2.05, 4.69) is 304 Å². The molecule has 0 atom stereocenters. The van der Waals surface area contributed by atoms with Crippen molar-refractivity contribution in [3.05, 3.63) is 403 Å². The highest BCUT2D eigenvalue weighted by Gasteiger charge is 2.52. The van der Waals surface area contributed by atoms with Crippen LogP contribution in [0.3, 0.4) is 0 Å². The number of thiophene rings is 2. The van der Waals surface area contributed by atoms with Gasteiger partial charge in [-0.3, -0.25) is 0 Å². The van der Waals surface area contributed by atoms with Gasteiger partial charge in [0.1, 0.15) is 0 Å². The Balaban J connectivity index is 0.000000123. The molecule has 1 aliphatic heterocycles. The summed E-state index contributed by atoms with van der Waals surface area (Å²) in [6.45, 7) is 17.9. The van der Waals surface area contributed by atoms with Gasteiger partial charge < -0.3 is 9.31 Å². The maximum Gasteiger partial charge on any atom is 0.496 e. The average Bonchev–Trinajstić information content (AvgIpc) is 1.27. The standard InChI is InChI=1S/C54H37N3S.C33H31BO2S.C27H18ClN3/c1-54(2)47-27-13-12-22-43(47)44-29-28-37(33-48(44)54)41-23-14-25-45-46-26-15-24-42(50(46)58-49(41)45)39-30-38(34-16-6-3-7-17-34)31-40(32-39)53-56-51(35-18-8-4-9-19-35)55-52(57-53)36-20-10-5-11-21-36;1-31(2)26-15-8-7-11-22(26)23-18-17-20(19-27(23)31)21-12-9-13-24-25-14-10-16-28(30(25)37-29(21)24)34-35-32(3,4)33(5,6)36-34;28-24-17-22(19-10-4-1-5-11-19)16-23(18-24)27-30-25(20-12-6-2-7-13-20)29-26(31-27)21-14-8-3-9-15-21/h3-33H,1-2H3;7-19H,1-6H3;1-18H. The number of fused-ring (bicyclic) bond motifs is 12. The summed E-state index contributed by atoms with van der Waals surface area (Å²) in [5.74, 6) is 3.78. The van der Waals surface area contributed by atoms with Crippen molar-refractivity contribution in [2.75, 3.05) is 0 Å². The van der Waals surface area contributed by atoms with Gasteiger partial charge >= 0.3 is 7.12 Å². The lowest BCUT2D eigenvalue weighted by Crippen LogP contribution is -2.41. The van der Waals surface area contributed by atoms with Gasteiger partial charge in [-0.25, -0.2) is 29.9 Å². The molecule has 0 radical (unpaired) electrons. The molecular weight excluding hydrogens is 1600 g/mol. The van der Waals surface area contributed by atoms with Crippen molar-refractivity contribution in [2.45, 2.75) is 77.4 Å². The number of hydrogen-bond donors (Lipinski definition) is 0. The predicted molar refractivity (Wildman–Crippen MR) is 528 cm³/mol. The van der Waals surface area contributed by atoms with Gasteiger partial charge in [0, 0.05) is 89.7 Å². The topological polar surface area (TPSA) is 95.8 Å². The summed E-state index contributed by atoms with van der Waals surface area (Å²) in [6.07, 6.45) is 0. The quantitative estimate of drug-likeness (QED) is 0.112. The molecule has 0 bridgehead atoms. The molecule has 1 fully saturated rings. The van der Waals surface area contributed by atoms with Crippen LogP contribution >= 0.6 is 34.3 Å². The molecule has 1 saturated heterocycles. The predicted octanol–water partition coefficient (Wildman–Crippen LogP) is 30.1. The molecule has 20 aromatic rings. The molecule has 4 aromatic heterocycles. The maximum atomic E-state index is 6.49. The van der Waals surface area contributed by atoms with Crippen molar-refractivity contribution < 1.29 is 9.31 Å². The summed E-state index contributed by atoms with van der Waals surface area (Å²) >= 11 is 10.2. The van der Waals surface area contributed by atoms with Crippen LogP contribution < -0.4 is 5.46 Å². The summed E-state index contributed by atoms with van der Waals surface area (Å²) in [7, 11) is -0.371. The van der Waals surface area contributed by atoms with E-state index in [-0.39, 0.29) is 29.2 Å². The van der Waals surface area contributed by atoms with Crippen LogP contribution in [0.15, 0.2) is 376 Å². The second-order valence-corrected chi connectivity index (χ2v) is 37.2. The molecule has 23 rings (SSSR count). The lowest BCUT2D eigenvalue weighted by atomic mass is 9.78. The minimum atomic E-state index is -0.371. The zero-order valence-electron chi connectivity index (χ0n) is 71.1. The fourth-order valence-corrected chi connectivity index (χ4v) is 21.3. The monoisotopic (exact) mass is 1680 g/mol. The van der Waals surface area contributed by atoms with Crippen molar-refractivity contribution in [3.63, 3.8) is 0 Å². The van der Waals surface area contributed by atoms with Crippen LogP contribution in [0, 0.1) is 0 Å². The molecule has 0 unspecified atom stereocenters. The van der Waals surface area contributed by atoms with Crippen molar-refractivity contribution in [1.29, 1.82) is 0 Å². The third kappa shape index (κ3) is 14.5. The minimum absolute atomic E-state index is 0.0140. The van der Waals surface area contributed by atoms with Crippen LogP contribution in [-0.4, -0.2) is 48.2 Å². The summed E-state index contributed by atoms with van der Waals surface area (Å²) in [5.41, 5.74) is 28.6. The van der Waals surface area contributed by atoms with Gasteiger partial charge in [-0.1, -0.05) is 367 Å². The molecule has 0 saturated carbocycles. The Hall–Kier alpha value is -13.7. The van der Waals surface area contributed by atoms with Crippen LogP contribution in [0.1, 0.15) is 77.6 Å². The lowest BCUT2D eigenvalue weighted by molar-refractivity contribution is 0.00578. The lowest BCUT2D eigenvalue weighted by Gasteiger charge is -2.32. The van der Waals surface area contributed by atoms with Gasteiger partial charge in [-0.15, -0.1) is 22.7 Å². The molecule has 12 heteroatoms. The first kappa shape index (κ1) is 79.4. The highest BCUT2D eigenvalue weighted by atomic mass is 35.5. The van der Waals surface area contributed by atoms with Crippen molar-refractivity contribution in [1.82, 2.24) is 29.9 Å². The Morgan fingerprint density at radius 1 is 0.222 bits per heavy atom. The van der Waals surface area contributed by atoms with E-state index in [0.29, 0.717) is 40.0 Å². The number of benzene rings is 16. The molecule has 16 aromatic carbocycles. The highest BCUT2D eigenvalue weighted by molar-refractivity contribution is 7.27. The van der Waals surface area contributed by atoms with Crippen LogP contribution in [0.25, 0.3) is 187 Å². The summed E-state index contributed by atoms with van der Waals surface area (Å²) in [4.78, 5) is 29.6. The van der Waals surface area contributed by atoms with Gasteiger partial charge in [0.25, 0.3) is 0 Å². The SMILES string of the molecule is CC1(C)c2ccccc2-c2ccc(-c3cccc4c3sc3c(-c5cc(-c6ccccc6)cc(-c6nc(-c7ccccc7)nc(-c7ccccc7)n6)c5)cccc34)cc21.CC1(C)c2ccccc2-c2ccc(-c3cccc4c3sc3c(B5OC(C)(C)C(C)(C)O5)cccc34)cc21.Clc1cc(-c2ccccc2)cc(-c2nc(-c3ccccc3)nc(-c3ccccc3)n2)c1. The highest BCUT2D eigenvalue weighted by Crippen LogP contribution is 2.54. The van der Waals surface area contributed by atoms with Crippen LogP contribution in [0.5, 0.6) is 0 Å². The first-order valence-electron chi connectivity index (χ1n) is 42.9. The normalized spacial score (nSPS) is 14.1.